The molecular formula is C99H113F3N26. The van der Waals surface area contributed by atoms with Gasteiger partial charge < -0.3 is 44.1 Å². The number of halogens is 3. The van der Waals surface area contributed by atoms with Crippen LogP contribution in [0.2, 0.25) is 0 Å². The van der Waals surface area contributed by atoms with E-state index in [4.69, 9.17) is 19.9 Å². The van der Waals surface area contributed by atoms with Gasteiger partial charge in [0.05, 0.1) is 114 Å². The van der Waals surface area contributed by atoms with Crippen LogP contribution in [-0.4, -0.2) is 268 Å². The van der Waals surface area contributed by atoms with E-state index in [1.54, 1.807) is 39.4 Å². The summed E-state index contributed by atoms with van der Waals surface area (Å²) >= 11 is 0. The number of fused-ring (bicyclic) bond motifs is 8. The number of likely N-dealkylation sites (tertiary alicyclic amines) is 3. The lowest BCUT2D eigenvalue weighted by molar-refractivity contribution is 0.00130. The third-order valence-electron chi connectivity index (χ3n) is 29.6. The van der Waals surface area contributed by atoms with Crippen LogP contribution >= 0.6 is 0 Å². The van der Waals surface area contributed by atoms with Crippen molar-refractivity contribution in [3.05, 3.63) is 200 Å². The number of hydrogen-bond donors (Lipinski definition) is 0. The number of aryl methyl sites for hydroxylation is 3. The number of piperazine rings is 1. The average Bonchev–Trinajstić information content (AvgIpc) is 1.56. The van der Waals surface area contributed by atoms with Crippen LogP contribution in [0.5, 0.6) is 0 Å². The van der Waals surface area contributed by atoms with Crippen LogP contribution in [0.15, 0.2) is 166 Å². The molecule has 0 aliphatic carbocycles. The molecule has 2 atom stereocenters. The highest BCUT2D eigenvalue weighted by Crippen LogP contribution is 2.45. The largest absolute Gasteiger partial charge is 0.369 e. The Morgan fingerprint density at radius 2 is 0.703 bits per heavy atom. The van der Waals surface area contributed by atoms with E-state index >= 15 is 0 Å². The molecule has 21 heterocycles. The van der Waals surface area contributed by atoms with E-state index in [0.717, 1.165) is 189 Å². The molecule has 0 radical (unpaired) electrons. The molecule has 9 saturated heterocycles. The number of piperidine rings is 5. The van der Waals surface area contributed by atoms with Crippen LogP contribution in [-0.2, 0) is 0 Å². The molecule has 2 spiro atoms. The SMILES string of the molecule is CN1CCN(C2CCN(c3cnc4c(-c5ccnc(N6CCCCC6)c5)cnn4c3)CC2)CC1.Cc1cc2c(-c3cnn4cc(N5CCC6(CC5)CN(C)C6)cnc34)ccnc2cc1F.Cc1cc2c(-c3cnn4cc(N5CCC6(CCN(C)CC6)CC5)cnc34)ccnc2cc1F.Cc1cc2c(-c3cnn4cc(N5C[C@H]6CN(C)C[C@H]6C5)cnc34)ccnc2cc1F. The van der Waals surface area contributed by atoms with Gasteiger partial charge in [0, 0.05) is 205 Å². The molecule has 12 aromatic heterocycles. The van der Waals surface area contributed by atoms with Gasteiger partial charge >= 0.3 is 0 Å². The van der Waals surface area contributed by atoms with Crippen molar-refractivity contribution < 1.29 is 13.2 Å². The number of likely N-dealkylation sites (N-methyl/N-ethyl adjacent to an activating group) is 1. The summed E-state index contributed by atoms with van der Waals surface area (Å²) in [6, 6.07) is 20.9. The Kier molecular flexibility index (Phi) is 22.5. The standard InChI is InChI=1S/C26H29FN6.C26H36N8.C24H25FN6.C23H23FN6/c1-18-13-21-20(3-8-28-24(21)14-23(18)27)22-16-30-33-17-19(15-29-25(22)33)32-11-6-26(7-12-32)4-9-31(2)10-5-26;1-30-13-15-32(16-14-30)22-6-11-31(12-7-22)23-18-28-26-24(19-29-34(26)20-23)21-5-8-27-25(17-21)33-9-3-2-4-10-33;1-16-9-19-18(3-6-26-22(19)10-21(16)25)20-12-28-31-13-17(11-27-23(20)31)30-7-4-24(5-8-30)14-29(2)15-24;1-14-5-19-18(3-4-25-22(19)6-21(14)24)20-8-27-30-13-17(7-26-23(20)30)29-11-15-9-28(2)10-16(15)12-29/h3,8,13-17H,4-7,9-12H2,1-2H3;5,8,17-20,22H,2-4,6-7,9-16H2,1H3;3,6,9-13H,4-5,7-8,14-15H2,1-2H3;3-8,13,15-16H,9-12H2,1-2H3/t;;;15-,16+. The molecule has 0 bridgehead atoms. The Balaban J connectivity index is 0.000000104. The van der Waals surface area contributed by atoms with Crippen LogP contribution in [0.1, 0.15) is 87.3 Å². The minimum Gasteiger partial charge on any atom is -0.369 e. The van der Waals surface area contributed by atoms with Crippen molar-refractivity contribution in [2.75, 3.05) is 184 Å². The second-order valence-electron chi connectivity index (χ2n) is 38.1. The molecule has 9 aliphatic heterocycles. The van der Waals surface area contributed by atoms with E-state index < -0.39 is 0 Å². The van der Waals surface area contributed by atoms with Crippen LogP contribution in [0.4, 0.5) is 41.7 Å². The van der Waals surface area contributed by atoms with Gasteiger partial charge in [0.1, 0.15) is 23.3 Å². The summed E-state index contributed by atoms with van der Waals surface area (Å²) in [7, 11) is 8.87. The fraction of sp³-hybridized carbons (Fsp3) is 0.434. The van der Waals surface area contributed by atoms with E-state index in [9.17, 15) is 13.2 Å². The molecule has 0 saturated carbocycles. The number of anilines is 5. The second kappa shape index (κ2) is 34.6. The third kappa shape index (κ3) is 16.4. The topological polar surface area (TPSA) is 205 Å². The molecule has 0 amide bonds. The molecule has 128 heavy (non-hydrogen) atoms. The molecule has 26 nitrogen and oxygen atoms in total. The maximum atomic E-state index is 14.1. The predicted molar refractivity (Wildman–Crippen MR) is 501 cm³/mol. The summed E-state index contributed by atoms with van der Waals surface area (Å²) in [4.78, 5) is 61.5. The molecule has 29 heteroatoms. The minimum atomic E-state index is -0.239. The Bertz CT molecular complexity index is 6570. The van der Waals surface area contributed by atoms with Gasteiger partial charge in [-0.25, -0.2) is 56.2 Å². The van der Waals surface area contributed by atoms with Gasteiger partial charge in [-0.15, -0.1) is 0 Å². The predicted octanol–water partition coefficient (Wildman–Crippen LogP) is 15.0. The van der Waals surface area contributed by atoms with Gasteiger partial charge in [0.15, 0.2) is 22.6 Å². The Morgan fingerprint density at radius 1 is 0.320 bits per heavy atom. The molecule has 0 unspecified atom stereocenters. The molecule has 660 valence electrons. The summed E-state index contributed by atoms with van der Waals surface area (Å²) in [6.45, 7) is 28.2. The summed E-state index contributed by atoms with van der Waals surface area (Å²) in [5, 5.41) is 21.2. The van der Waals surface area contributed by atoms with Crippen molar-refractivity contribution in [3.8, 4) is 44.5 Å². The lowest BCUT2D eigenvalue weighted by Crippen LogP contribution is -2.58. The number of nitrogens with zero attached hydrogens (tertiary/aromatic N) is 26. The van der Waals surface area contributed by atoms with Crippen LogP contribution in [0.3, 0.4) is 0 Å². The Labute approximate surface area is 744 Å². The smallest absolute Gasteiger partial charge is 0.162 e. The summed E-state index contributed by atoms with van der Waals surface area (Å²) in [6.07, 6.45) is 44.7. The number of benzene rings is 3. The zero-order chi connectivity index (χ0) is 87.1. The zero-order valence-electron chi connectivity index (χ0n) is 74.5. The van der Waals surface area contributed by atoms with E-state index in [1.807, 2.05) is 110 Å². The van der Waals surface area contributed by atoms with Gasteiger partial charge in [0.25, 0.3) is 0 Å². The number of hydrogen-bond acceptors (Lipinski definition) is 22. The first-order valence-corrected chi connectivity index (χ1v) is 46.0. The lowest BCUT2D eigenvalue weighted by atomic mass is 9.71. The normalized spacial score (nSPS) is 20.2. The van der Waals surface area contributed by atoms with Crippen LogP contribution in [0.25, 0.3) is 99.8 Å². The van der Waals surface area contributed by atoms with Crippen molar-refractivity contribution in [1.82, 2.24) is 103 Å². The zero-order valence-corrected chi connectivity index (χ0v) is 74.5. The first kappa shape index (κ1) is 83.0. The van der Waals surface area contributed by atoms with Crippen molar-refractivity contribution >= 4 is 83.9 Å². The van der Waals surface area contributed by atoms with Gasteiger partial charge in [-0.2, -0.15) is 20.4 Å². The maximum absolute atomic E-state index is 14.1. The molecule has 9 fully saturated rings. The monoisotopic (exact) mass is 1720 g/mol. The van der Waals surface area contributed by atoms with E-state index in [1.165, 1.54) is 160 Å². The molecule has 24 rings (SSSR count). The van der Waals surface area contributed by atoms with Crippen molar-refractivity contribution in [3.63, 3.8) is 0 Å². The van der Waals surface area contributed by atoms with Gasteiger partial charge in [-0.05, 0) is 243 Å². The maximum Gasteiger partial charge on any atom is 0.162 e. The minimum absolute atomic E-state index is 0.238. The molecule has 15 aromatic rings. The highest BCUT2D eigenvalue weighted by atomic mass is 19.1. The van der Waals surface area contributed by atoms with Crippen LogP contribution in [0, 0.1) is 60.9 Å². The lowest BCUT2D eigenvalue weighted by Gasteiger charge is -2.53. The fourth-order valence-electron chi connectivity index (χ4n) is 21.9. The molecular weight excluding hydrogens is 1610 g/mol. The first-order chi connectivity index (χ1) is 62.3. The highest BCUT2D eigenvalue weighted by Gasteiger charge is 2.44. The van der Waals surface area contributed by atoms with E-state index in [2.05, 4.69) is 154 Å². The van der Waals surface area contributed by atoms with Crippen LogP contribution < -0.4 is 24.5 Å². The average molecular weight is 1720 g/mol. The van der Waals surface area contributed by atoms with Gasteiger partial charge in [-0.1, -0.05) is 0 Å². The highest BCUT2D eigenvalue weighted by molar-refractivity contribution is 6.00. The summed E-state index contributed by atoms with van der Waals surface area (Å²) in [5.41, 5.74) is 20.5. The van der Waals surface area contributed by atoms with Crippen molar-refractivity contribution in [2.24, 2.45) is 22.7 Å². The Hall–Kier alpha value is -11.9. The first-order valence-electron chi connectivity index (χ1n) is 46.0. The van der Waals surface area contributed by atoms with E-state index in [0.29, 0.717) is 44.1 Å². The molecule has 3 aromatic carbocycles. The third-order valence-corrected chi connectivity index (χ3v) is 29.6. The molecule has 0 N–H and O–H groups in total. The fourth-order valence-corrected chi connectivity index (χ4v) is 21.9. The molecule has 9 aliphatic rings. The Morgan fingerprint density at radius 3 is 1.14 bits per heavy atom. The summed E-state index contributed by atoms with van der Waals surface area (Å²) in [5.74, 6) is 1.83. The second-order valence-corrected chi connectivity index (χ2v) is 38.1. The number of rotatable bonds is 10. The number of pyridine rings is 4. The van der Waals surface area contributed by atoms with Crippen molar-refractivity contribution in [2.45, 2.75) is 97.4 Å². The number of aromatic nitrogens is 16. The van der Waals surface area contributed by atoms with Gasteiger partial charge in [-0.3, -0.25) is 19.9 Å². The van der Waals surface area contributed by atoms with E-state index in [-0.39, 0.29) is 17.5 Å². The summed E-state index contributed by atoms with van der Waals surface area (Å²) < 4.78 is 49.6. The quantitative estimate of drug-likeness (QED) is 0.125. The van der Waals surface area contributed by atoms with Crippen molar-refractivity contribution in [1.29, 1.82) is 0 Å². The van der Waals surface area contributed by atoms with Gasteiger partial charge in [0.2, 0.25) is 0 Å².